The van der Waals surface area contributed by atoms with E-state index in [0.717, 1.165) is 14.5 Å². The van der Waals surface area contributed by atoms with Gasteiger partial charge in [0.15, 0.2) is 5.82 Å². The Kier molecular flexibility index (Phi) is 4.09. The highest BCUT2D eigenvalue weighted by molar-refractivity contribution is 9.11. The Balaban J connectivity index is 2.70. The molecule has 0 radical (unpaired) electrons. The van der Waals surface area contributed by atoms with Gasteiger partial charge in [-0.2, -0.15) is 0 Å². The van der Waals surface area contributed by atoms with Crippen LogP contribution in [-0.2, 0) is 16.6 Å². The summed E-state index contributed by atoms with van der Waals surface area (Å²) >= 11 is 6.77. The van der Waals surface area contributed by atoms with Gasteiger partial charge in [0.1, 0.15) is 0 Å². The van der Waals surface area contributed by atoms with E-state index in [1.165, 1.54) is 4.57 Å². The minimum atomic E-state index is -3.89. The second-order valence-corrected chi connectivity index (χ2v) is 6.94. The summed E-state index contributed by atoms with van der Waals surface area (Å²) in [6.45, 7) is 2.19. The zero-order valence-electron chi connectivity index (χ0n) is 9.84. The second-order valence-electron chi connectivity index (χ2n) is 3.72. The van der Waals surface area contributed by atoms with E-state index < -0.39 is 10.0 Å². The molecule has 1 heterocycles. The van der Waals surface area contributed by atoms with Crippen LogP contribution in [0, 0.1) is 0 Å². The molecule has 0 spiro atoms. The Morgan fingerprint density at radius 3 is 2.58 bits per heavy atom. The van der Waals surface area contributed by atoms with Gasteiger partial charge < -0.3 is 0 Å². The van der Waals surface area contributed by atoms with Crippen molar-refractivity contribution in [2.45, 2.75) is 18.6 Å². The molecule has 2 rings (SSSR count). The van der Waals surface area contributed by atoms with Gasteiger partial charge in [-0.25, -0.2) is 13.6 Å². The van der Waals surface area contributed by atoms with E-state index in [4.69, 9.17) is 5.14 Å². The minimum absolute atomic E-state index is 0.239. The number of primary sulfonamides is 1. The maximum Gasteiger partial charge on any atom is 0.273 e. The van der Waals surface area contributed by atoms with Crippen molar-refractivity contribution in [3.05, 3.63) is 27.1 Å². The average molecular weight is 410 g/mol. The number of benzene rings is 1. The van der Waals surface area contributed by atoms with Crippen LogP contribution in [0.5, 0.6) is 0 Å². The fourth-order valence-corrected chi connectivity index (χ4v) is 3.11. The van der Waals surface area contributed by atoms with Crippen LogP contribution in [-0.4, -0.2) is 23.2 Å². The number of rotatable bonds is 3. The highest BCUT2D eigenvalue weighted by atomic mass is 79.9. The fourth-order valence-electron chi connectivity index (χ4n) is 1.65. The van der Waals surface area contributed by atoms with Crippen molar-refractivity contribution in [3.8, 4) is 11.4 Å². The van der Waals surface area contributed by atoms with E-state index in [9.17, 15) is 8.42 Å². The molecule has 1 aromatic carbocycles. The monoisotopic (exact) mass is 408 g/mol. The summed E-state index contributed by atoms with van der Waals surface area (Å²) in [5.41, 5.74) is 0.735. The summed E-state index contributed by atoms with van der Waals surface area (Å²) in [6, 6.07) is 5.53. The first-order valence-electron chi connectivity index (χ1n) is 5.26. The average Bonchev–Trinajstić information content (AvgIpc) is 2.75. The summed E-state index contributed by atoms with van der Waals surface area (Å²) in [5.74, 6) is 0.444. The smallest absolute Gasteiger partial charge is 0.273 e. The van der Waals surface area contributed by atoms with Crippen LogP contribution in [0.3, 0.4) is 0 Å². The Bertz CT molecular complexity index is 727. The van der Waals surface area contributed by atoms with Crippen LogP contribution in [0.1, 0.15) is 6.92 Å². The highest BCUT2D eigenvalue weighted by Gasteiger charge is 2.22. The van der Waals surface area contributed by atoms with Gasteiger partial charge in [0.2, 0.25) is 0 Å². The van der Waals surface area contributed by atoms with Crippen LogP contribution < -0.4 is 5.14 Å². The fraction of sp³-hybridized carbons (Fsp3) is 0.200. The molecule has 19 heavy (non-hydrogen) atoms. The number of aromatic nitrogens is 3. The van der Waals surface area contributed by atoms with E-state index >= 15 is 0 Å². The van der Waals surface area contributed by atoms with Crippen molar-refractivity contribution in [1.82, 2.24) is 14.8 Å². The molecule has 0 aliphatic heterocycles. The molecule has 2 aromatic rings. The molecule has 1 aromatic heterocycles. The molecule has 0 atom stereocenters. The summed E-state index contributed by atoms with van der Waals surface area (Å²) in [7, 11) is -3.89. The molecular formula is C10H10Br2N4O2S. The third-order valence-corrected chi connectivity index (χ3v) is 4.45. The Hall–Kier alpha value is -0.770. The molecule has 102 valence electrons. The van der Waals surface area contributed by atoms with Crippen LogP contribution in [0.25, 0.3) is 11.4 Å². The van der Waals surface area contributed by atoms with E-state index in [1.54, 1.807) is 6.92 Å². The normalized spacial score (nSPS) is 11.8. The van der Waals surface area contributed by atoms with Crippen LogP contribution in [0.4, 0.5) is 0 Å². The van der Waals surface area contributed by atoms with Crippen molar-refractivity contribution in [2.75, 3.05) is 0 Å². The minimum Gasteiger partial charge on any atom is -0.297 e. The van der Waals surface area contributed by atoms with Crippen LogP contribution in [0.2, 0.25) is 0 Å². The molecule has 0 fully saturated rings. The Morgan fingerprint density at radius 1 is 1.32 bits per heavy atom. The lowest BCUT2D eigenvalue weighted by Crippen LogP contribution is -2.18. The summed E-state index contributed by atoms with van der Waals surface area (Å²) < 4.78 is 26.0. The van der Waals surface area contributed by atoms with E-state index in [-0.39, 0.29) is 5.16 Å². The number of hydrogen-bond acceptors (Lipinski definition) is 4. The van der Waals surface area contributed by atoms with E-state index in [2.05, 4.69) is 42.1 Å². The van der Waals surface area contributed by atoms with Crippen molar-refractivity contribution < 1.29 is 8.42 Å². The largest absolute Gasteiger partial charge is 0.297 e. The number of nitrogens with two attached hydrogens (primary N) is 1. The predicted molar refractivity (Wildman–Crippen MR) is 77.9 cm³/mol. The number of halogens is 2. The zero-order valence-corrected chi connectivity index (χ0v) is 13.8. The molecule has 2 N–H and O–H groups in total. The lowest BCUT2D eigenvalue weighted by atomic mass is 10.2. The maximum absolute atomic E-state index is 11.4. The van der Waals surface area contributed by atoms with E-state index in [1.807, 2.05) is 18.2 Å². The molecule has 0 amide bonds. The van der Waals surface area contributed by atoms with Gasteiger partial charge in [0.05, 0.1) is 0 Å². The molecule has 0 bridgehead atoms. The van der Waals surface area contributed by atoms with Gasteiger partial charge >= 0.3 is 0 Å². The first kappa shape index (κ1) is 14.6. The van der Waals surface area contributed by atoms with Gasteiger partial charge in [-0.05, 0) is 25.1 Å². The molecule has 0 saturated heterocycles. The van der Waals surface area contributed by atoms with Crippen LogP contribution in [0.15, 0.2) is 32.3 Å². The lowest BCUT2D eigenvalue weighted by Gasteiger charge is -2.08. The summed E-state index contributed by atoms with van der Waals surface area (Å²) in [5, 5.41) is 12.5. The third kappa shape index (κ3) is 2.88. The number of sulfonamides is 1. The summed E-state index contributed by atoms with van der Waals surface area (Å²) in [6.07, 6.45) is 0. The maximum atomic E-state index is 11.4. The first-order valence-corrected chi connectivity index (χ1v) is 8.39. The standard InChI is InChI=1S/C10H10Br2N4O2S/c1-2-16-9(14-15-10(16)19(13,17)18)7-5-6(11)3-4-8(7)12/h3-5H,2H2,1H3,(H2,13,17,18). The van der Waals surface area contributed by atoms with Gasteiger partial charge in [-0.15, -0.1) is 10.2 Å². The van der Waals surface area contributed by atoms with E-state index in [0.29, 0.717) is 12.4 Å². The number of hydrogen-bond donors (Lipinski definition) is 1. The quantitative estimate of drug-likeness (QED) is 0.840. The van der Waals surface area contributed by atoms with Crippen molar-refractivity contribution in [3.63, 3.8) is 0 Å². The third-order valence-electron chi connectivity index (χ3n) is 2.46. The van der Waals surface area contributed by atoms with Gasteiger partial charge in [-0.1, -0.05) is 31.9 Å². The molecule has 0 unspecified atom stereocenters. The zero-order chi connectivity index (χ0) is 14.2. The predicted octanol–water partition coefficient (Wildman–Crippen LogP) is 2.14. The first-order chi connectivity index (χ1) is 8.84. The number of nitrogens with zero attached hydrogens (tertiary/aromatic N) is 3. The van der Waals surface area contributed by atoms with Gasteiger partial charge in [0, 0.05) is 21.1 Å². The molecule has 0 aliphatic carbocycles. The molecule has 0 saturated carbocycles. The summed E-state index contributed by atoms with van der Waals surface area (Å²) in [4.78, 5) is 0. The van der Waals surface area contributed by atoms with Crippen molar-refractivity contribution in [1.29, 1.82) is 0 Å². The molecule has 6 nitrogen and oxygen atoms in total. The van der Waals surface area contributed by atoms with Crippen molar-refractivity contribution >= 4 is 41.9 Å². The second kappa shape index (κ2) is 5.31. The highest BCUT2D eigenvalue weighted by Crippen LogP contribution is 2.30. The molecule has 0 aliphatic rings. The molecular weight excluding hydrogens is 400 g/mol. The van der Waals surface area contributed by atoms with Crippen LogP contribution >= 0.6 is 31.9 Å². The Labute approximate surface area is 127 Å². The van der Waals surface area contributed by atoms with Gasteiger partial charge in [-0.3, -0.25) is 4.57 Å². The van der Waals surface area contributed by atoms with Gasteiger partial charge in [0.25, 0.3) is 15.2 Å². The topological polar surface area (TPSA) is 90.9 Å². The molecule has 9 heteroatoms. The van der Waals surface area contributed by atoms with Crippen molar-refractivity contribution in [2.24, 2.45) is 5.14 Å². The Morgan fingerprint density at radius 2 is 2.00 bits per heavy atom. The SMILES string of the molecule is CCn1c(-c2cc(Br)ccc2Br)nnc1S(N)(=O)=O. The lowest BCUT2D eigenvalue weighted by molar-refractivity contribution is 0.571.